The SMILES string of the molecule is N#CC(c1ccccn1)c1cnccn1. The zero-order chi connectivity index (χ0) is 10.5. The molecular weight excluding hydrogens is 188 g/mol. The number of nitrogens with zero attached hydrogens (tertiary/aromatic N) is 4. The van der Waals surface area contributed by atoms with E-state index in [2.05, 4.69) is 21.0 Å². The topological polar surface area (TPSA) is 62.5 Å². The molecule has 1 atom stereocenters. The Bertz CT molecular complexity index is 421. The zero-order valence-corrected chi connectivity index (χ0v) is 7.91. The maximum Gasteiger partial charge on any atom is 0.132 e. The van der Waals surface area contributed by atoms with Crippen LogP contribution >= 0.6 is 0 Å². The summed E-state index contributed by atoms with van der Waals surface area (Å²) in [6.45, 7) is 0. The van der Waals surface area contributed by atoms with Crippen LogP contribution in [-0.4, -0.2) is 15.0 Å². The van der Waals surface area contributed by atoms with E-state index in [0.717, 1.165) is 0 Å². The van der Waals surface area contributed by atoms with Gasteiger partial charge in [0.1, 0.15) is 5.92 Å². The highest BCUT2D eigenvalue weighted by Crippen LogP contribution is 2.18. The summed E-state index contributed by atoms with van der Waals surface area (Å²) < 4.78 is 0. The first kappa shape index (κ1) is 9.28. The van der Waals surface area contributed by atoms with Crippen LogP contribution in [0.4, 0.5) is 0 Å². The van der Waals surface area contributed by atoms with E-state index >= 15 is 0 Å². The fraction of sp³-hybridized carbons (Fsp3) is 0.0909. The van der Waals surface area contributed by atoms with E-state index in [4.69, 9.17) is 5.26 Å². The van der Waals surface area contributed by atoms with Gasteiger partial charge in [-0.1, -0.05) is 6.07 Å². The highest BCUT2D eigenvalue weighted by molar-refractivity contribution is 5.27. The lowest BCUT2D eigenvalue weighted by molar-refractivity contribution is 0.901. The first-order valence-electron chi connectivity index (χ1n) is 4.48. The monoisotopic (exact) mass is 196 g/mol. The maximum absolute atomic E-state index is 9.08. The fourth-order valence-corrected chi connectivity index (χ4v) is 1.29. The molecule has 15 heavy (non-hydrogen) atoms. The molecule has 0 saturated carbocycles. The number of aromatic nitrogens is 3. The number of pyridine rings is 1. The van der Waals surface area contributed by atoms with Crippen LogP contribution in [0.2, 0.25) is 0 Å². The molecule has 0 bridgehead atoms. The molecule has 0 radical (unpaired) electrons. The lowest BCUT2D eigenvalue weighted by atomic mass is 10.0. The molecule has 4 heteroatoms. The van der Waals surface area contributed by atoms with Gasteiger partial charge in [-0.05, 0) is 12.1 Å². The van der Waals surface area contributed by atoms with Crippen LogP contribution in [-0.2, 0) is 0 Å². The molecular formula is C11H8N4. The van der Waals surface area contributed by atoms with E-state index < -0.39 is 5.92 Å². The zero-order valence-electron chi connectivity index (χ0n) is 7.91. The molecule has 2 rings (SSSR count). The molecule has 0 aromatic carbocycles. The van der Waals surface area contributed by atoms with Gasteiger partial charge in [-0.15, -0.1) is 0 Å². The van der Waals surface area contributed by atoms with Crippen molar-refractivity contribution in [3.8, 4) is 6.07 Å². The van der Waals surface area contributed by atoms with Crippen molar-refractivity contribution in [2.45, 2.75) is 5.92 Å². The highest BCUT2D eigenvalue weighted by atomic mass is 14.8. The molecule has 2 heterocycles. The minimum absolute atomic E-state index is 0.445. The Hall–Kier alpha value is -2.28. The Morgan fingerprint density at radius 3 is 2.53 bits per heavy atom. The smallest absolute Gasteiger partial charge is 0.132 e. The second kappa shape index (κ2) is 4.29. The van der Waals surface area contributed by atoms with Crippen LogP contribution < -0.4 is 0 Å². The summed E-state index contributed by atoms with van der Waals surface area (Å²) in [7, 11) is 0. The van der Waals surface area contributed by atoms with Crippen LogP contribution in [0.5, 0.6) is 0 Å². The first-order chi connectivity index (χ1) is 7.42. The molecule has 72 valence electrons. The molecule has 0 saturated heterocycles. The van der Waals surface area contributed by atoms with Gasteiger partial charge in [0.05, 0.1) is 23.7 Å². The van der Waals surface area contributed by atoms with E-state index in [1.54, 1.807) is 24.8 Å². The molecule has 2 aromatic heterocycles. The van der Waals surface area contributed by atoms with Crippen LogP contribution in [0.3, 0.4) is 0 Å². The third-order valence-corrected chi connectivity index (χ3v) is 1.99. The van der Waals surface area contributed by atoms with Crippen LogP contribution in [0.25, 0.3) is 0 Å². The molecule has 4 nitrogen and oxygen atoms in total. The number of hydrogen-bond donors (Lipinski definition) is 0. The molecule has 0 aliphatic rings. The molecule has 2 aromatic rings. The Morgan fingerprint density at radius 1 is 1.07 bits per heavy atom. The van der Waals surface area contributed by atoms with Gasteiger partial charge < -0.3 is 0 Å². The number of nitriles is 1. The van der Waals surface area contributed by atoms with E-state index in [9.17, 15) is 0 Å². The standard InChI is InChI=1S/C11H8N4/c12-7-9(10-3-1-2-4-14-10)11-8-13-5-6-15-11/h1-6,8-9H. The van der Waals surface area contributed by atoms with Crippen molar-refractivity contribution in [3.63, 3.8) is 0 Å². The summed E-state index contributed by atoms with van der Waals surface area (Å²) in [6.07, 6.45) is 6.40. The normalized spacial score (nSPS) is 11.7. The van der Waals surface area contributed by atoms with Gasteiger partial charge in [0.15, 0.2) is 0 Å². The average Bonchev–Trinajstić information content (AvgIpc) is 2.33. The first-order valence-corrected chi connectivity index (χ1v) is 4.48. The summed E-state index contributed by atoms with van der Waals surface area (Å²) in [4.78, 5) is 12.2. The largest absolute Gasteiger partial charge is 0.261 e. The minimum Gasteiger partial charge on any atom is -0.261 e. The summed E-state index contributed by atoms with van der Waals surface area (Å²) in [6, 6.07) is 7.64. The van der Waals surface area contributed by atoms with Crippen molar-refractivity contribution in [3.05, 3.63) is 54.4 Å². The van der Waals surface area contributed by atoms with Gasteiger partial charge in [-0.3, -0.25) is 15.0 Å². The lowest BCUT2D eigenvalue weighted by Crippen LogP contribution is -2.03. The van der Waals surface area contributed by atoms with Gasteiger partial charge in [0.2, 0.25) is 0 Å². The molecule has 0 amide bonds. The second-order valence-corrected chi connectivity index (χ2v) is 2.95. The van der Waals surface area contributed by atoms with Crippen molar-refractivity contribution in [2.24, 2.45) is 0 Å². The number of rotatable bonds is 2. The van der Waals surface area contributed by atoms with Crippen molar-refractivity contribution < 1.29 is 0 Å². The third kappa shape index (κ3) is 1.97. The van der Waals surface area contributed by atoms with Gasteiger partial charge in [0.25, 0.3) is 0 Å². The van der Waals surface area contributed by atoms with E-state index in [0.29, 0.717) is 11.4 Å². The molecule has 0 N–H and O–H groups in total. The second-order valence-electron chi connectivity index (χ2n) is 2.95. The number of hydrogen-bond acceptors (Lipinski definition) is 4. The van der Waals surface area contributed by atoms with E-state index in [-0.39, 0.29) is 0 Å². The summed E-state index contributed by atoms with van der Waals surface area (Å²) >= 11 is 0. The predicted molar refractivity (Wildman–Crippen MR) is 53.7 cm³/mol. The third-order valence-electron chi connectivity index (χ3n) is 1.99. The minimum atomic E-state index is -0.445. The van der Waals surface area contributed by atoms with Crippen molar-refractivity contribution in [1.29, 1.82) is 5.26 Å². The van der Waals surface area contributed by atoms with Crippen LogP contribution in [0.1, 0.15) is 17.3 Å². The van der Waals surface area contributed by atoms with Crippen molar-refractivity contribution >= 4 is 0 Å². The fourth-order valence-electron chi connectivity index (χ4n) is 1.29. The molecule has 0 aliphatic heterocycles. The van der Waals surface area contributed by atoms with Crippen LogP contribution in [0.15, 0.2) is 43.0 Å². The molecule has 0 spiro atoms. The average molecular weight is 196 g/mol. The highest BCUT2D eigenvalue weighted by Gasteiger charge is 2.15. The Kier molecular flexibility index (Phi) is 2.65. The van der Waals surface area contributed by atoms with Crippen molar-refractivity contribution in [2.75, 3.05) is 0 Å². The summed E-state index contributed by atoms with van der Waals surface area (Å²) in [5, 5.41) is 9.08. The summed E-state index contributed by atoms with van der Waals surface area (Å²) in [5.74, 6) is -0.445. The van der Waals surface area contributed by atoms with Crippen LogP contribution in [0, 0.1) is 11.3 Å². The predicted octanol–water partition coefficient (Wildman–Crippen LogP) is 1.53. The Balaban J connectivity index is 2.39. The van der Waals surface area contributed by atoms with Gasteiger partial charge >= 0.3 is 0 Å². The van der Waals surface area contributed by atoms with E-state index in [1.165, 1.54) is 0 Å². The molecule has 0 aliphatic carbocycles. The lowest BCUT2D eigenvalue weighted by Gasteiger charge is -2.05. The van der Waals surface area contributed by atoms with Gasteiger partial charge in [-0.25, -0.2) is 0 Å². The van der Waals surface area contributed by atoms with E-state index in [1.807, 2.05) is 18.2 Å². The quantitative estimate of drug-likeness (QED) is 0.730. The Morgan fingerprint density at radius 2 is 1.93 bits per heavy atom. The molecule has 1 unspecified atom stereocenters. The maximum atomic E-state index is 9.08. The van der Waals surface area contributed by atoms with Gasteiger partial charge in [0, 0.05) is 18.6 Å². The van der Waals surface area contributed by atoms with Crippen molar-refractivity contribution in [1.82, 2.24) is 15.0 Å². The molecule has 0 fully saturated rings. The van der Waals surface area contributed by atoms with Gasteiger partial charge in [-0.2, -0.15) is 5.26 Å². The summed E-state index contributed by atoms with van der Waals surface area (Å²) in [5.41, 5.74) is 1.32. The Labute approximate surface area is 87.3 Å².